The molecular formula is C40H82N4O. The second-order valence-electron chi connectivity index (χ2n) is 16.4. The topological polar surface area (TPSA) is 82.2 Å². The zero-order valence-corrected chi connectivity index (χ0v) is 32.4. The summed E-state index contributed by atoms with van der Waals surface area (Å²) in [5.74, 6) is 0.463. The van der Waals surface area contributed by atoms with Gasteiger partial charge in [-0.1, -0.05) is 150 Å². The SMILES string of the molecule is CCCCCCCC(C)(CCCCCC)C(=O)CN(C(C)(C)CC(C)(C)NC(=N)N)C(C)(CCCCCC)CCCCCCC. The van der Waals surface area contributed by atoms with Gasteiger partial charge in [-0.15, -0.1) is 0 Å². The van der Waals surface area contributed by atoms with Crippen molar-refractivity contribution in [1.82, 2.24) is 10.2 Å². The average molecular weight is 635 g/mol. The van der Waals surface area contributed by atoms with Gasteiger partial charge >= 0.3 is 0 Å². The number of nitrogens with one attached hydrogen (secondary N) is 2. The molecular weight excluding hydrogens is 552 g/mol. The molecule has 0 bridgehead atoms. The van der Waals surface area contributed by atoms with Crippen LogP contribution in [0.2, 0.25) is 0 Å². The number of rotatable bonds is 30. The first-order valence-corrected chi connectivity index (χ1v) is 19.6. The highest BCUT2D eigenvalue weighted by Crippen LogP contribution is 2.41. The van der Waals surface area contributed by atoms with Gasteiger partial charge in [-0.05, 0) is 66.7 Å². The molecule has 4 N–H and O–H groups in total. The van der Waals surface area contributed by atoms with Crippen molar-refractivity contribution in [2.45, 2.75) is 234 Å². The van der Waals surface area contributed by atoms with E-state index >= 15 is 0 Å². The lowest BCUT2D eigenvalue weighted by molar-refractivity contribution is -0.135. The predicted octanol–water partition coefficient (Wildman–Crippen LogP) is 11.7. The van der Waals surface area contributed by atoms with Crippen LogP contribution in [0.5, 0.6) is 0 Å². The lowest BCUT2D eigenvalue weighted by Gasteiger charge is -2.53. The first-order chi connectivity index (χ1) is 21.1. The Morgan fingerprint density at radius 1 is 0.600 bits per heavy atom. The molecule has 2 atom stereocenters. The molecule has 5 heteroatoms. The number of hydrogen-bond donors (Lipinski definition) is 3. The Morgan fingerprint density at radius 2 is 0.956 bits per heavy atom. The maximum atomic E-state index is 14.8. The molecule has 0 aromatic heterocycles. The summed E-state index contributed by atoms with van der Waals surface area (Å²) in [6.45, 7) is 23.4. The first kappa shape index (κ1) is 43.9. The lowest BCUT2D eigenvalue weighted by atomic mass is 9.73. The molecule has 0 aliphatic carbocycles. The van der Waals surface area contributed by atoms with Crippen molar-refractivity contribution in [2.75, 3.05) is 6.54 Å². The van der Waals surface area contributed by atoms with E-state index in [2.05, 4.69) is 79.5 Å². The fourth-order valence-electron chi connectivity index (χ4n) is 7.96. The molecule has 0 heterocycles. The summed E-state index contributed by atoms with van der Waals surface area (Å²) in [4.78, 5) is 17.4. The number of nitrogens with two attached hydrogens (primary N) is 1. The van der Waals surface area contributed by atoms with Crippen LogP contribution >= 0.6 is 0 Å². The monoisotopic (exact) mass is 635 g/mol. The van der Waals surface area contributed by atoms with Gasteiger partial charge in [0.2, 0.25) is 0 Å². The average Bonchev–Trinajstić information content (AvgIpc) is 2.94. The van der Waals surface area contributed by atoms with Crippen molar-refractivity contribution in [1.29, 1.82) is 5.41 Å². The van der Waals surface area contributed by atoms with E-state index in [9.17, 15) is 4.79 Å². The van der Waals surface area contributed by atoms with Gasteiger partial charge in [0, 0.05) is 22.0 Å². The molecule has 268 valence electrons. The van der Waals surface area contributed by atoms with Gasteiger partial charge in [0.15, 0.2) is 11.7 Å². The van der Waals surface area contributed by atoms with Crippen LogP contribution in [0.25, 0.3) is 0 Å². The summed E-state index contributed by atoms with van der Waals surface area (Å²) in [5.41, 5.74) is 4.90. The van der Waals surface area contributed by atoms with Crippen molar-refractivity contribution in [3.05, 3.63) is 0 Å². The van der Waals surface area contributed by atoms with Gasteiger partial charge in [0.25, 0.3) is 0 Å². The lowest BCUT2D eigenvalue weighted by Crippen LogP contribution is -2.63. The summed E-state index contributed by atoms with van der Waals surface area (Å²) in [5, 5.41) is 11.2. The highest BCUT2D eigenvalue weighted by molar-refractivity contribution is 5.86. The van der Waals surface area contributed by atoms with E-state index < -0.39 is 0 Å². The van der Waals surface area contributed by atoms with Gasteiger partial charge in [-0.25, -0.2) is 0 Å². The molecule has 0 fully saturated rings. The molecule has 5 nitrogen and oxygen atoms in total. The first-order valence-electron chi connectivity index (χ1n) is 19.6. The Hall–Kier alpha value is -1.10. The molecule has 0 radical (unpaired) electrons. The molecule has 0 amide bonds. The predicted molar refractivity (Wildman–Crippen MR) is 200 cm³/mol. The third kappa shape index (κ3) is 18.7. The van der Waals surface area contributed by atoms with Gasteiger partial charge in [-0.3, -0.25) is 15.1 Å². The summed E-state index contributed by atoms with van der Waals surface area (Å²) in [6, 6.07) is 0. The van der Waals surface area contributed by atoms with Crippen LogP contribution in [0.1, 0.15) is 217 Å². The largest absolute Gasteiger partial charge is 0.370 e. The van der Waals surface area contributed by atoms with Crippen LogP contribution in [0.3, 0.4) is 0 Å². The second kappa shape index (κ2) is 23.3. The van der Waals surface area contributed by atoms with Crippen LogP contribution in [0.4, 0.5) is 0 Å². The molecule has 0 aliphatic heterocycles. The van der Waals surface area contributed by atoms with Crippen molar-refractivity contribution < 1.29 is 4.79 Å². The second-order valence-corrected chi connectivity index (χ2v) is 16.4. The standard InChI is InChI=1S/C40H82N4O/c1-11-15-19-23-26-30-39(9,29-25-21-17-13-3)35(45)33-44(38(7,8)34-37(5,6)43-36(41)42)40(10,31-27-22-18-14-4)32-28-24-20-16-12-2/h11-34H2,1-10H3,(H4,41,42,43). The molecule has 45 heavy (non-hydrogen) atoms. The summed E-state index contributed by atoms with van der Waals surface area (Å²) < 4.78 is 0. The molecule has 0 aromatic rings. The van der Waals surface area contributed by atoms with E-state index in [0.717, 1.165) is 44.9 Å². The van der Waals surface area contributed by atoms with E-state index in [0.29, 0.717) is 12.3 Å². The molecule has 0 saturated heterocycles. The molecule has 0 rings (SSSR count). The third-order valence-corrected chi connectivity index (χ3v) is 10.5. The van der Waals surface area contributed by atoms with E-state index in [-0.39, 0.29) is 28.0 Å². The minimum absolute atomic E-state index is 0.0133. The van der Waals surface area contributed by atoms with Gasteiger partial charge < -0.3 is 11.1 Å². The number of nitrogens with zero attached hydrogens (tertiary/aromatic N) is 1. The van der Waals surface area contributed by atoms with E-state index in [1.54, 1.807) is 0 Å². The van der Waals surface area contributed by atoms with E-state index in [1.807, 2.05) is 0 Å². The number of guanidine groups is 1. The fourth-order valence-corrected chi connectivity index (χ4v) is 7.96. The normalized spacial score (nSPS) is 15.2. The third-order valence-electron chi connectivity index (χ3n) is 10.5. The van der Waals surface area contributed by atoms with Crippen molar-refractivity contribution >= 4 is 11.7 Å². The number of ketones is 1. The smallest absolute Gasteiger partial charge is 0.186 e. The molecule has 0 aromatic carbocycles. The molecule has 2 unspecified atom stereocenters. The van der Waals surface area contributed by atoms with Crippen molar-refractivity contribution in [3.63, 3.8) is 0 Å². The zero-order valence-electron chi connectivity index (χ0n) is 32.4. The fraction of sp³-hybridized carbons (Fsp3) is 0.950. The summed E-state index contributed by atoms with van der Waals surface area (Å²) in [6.07, 6.45) is 27.5. The Labute approximate surface area is 282 Å². The van der Waals surface area contributed by atoms with Crippen LogP contribution < -0.4 is 11.1 Å². The Bertz CT molecular complexity index is 778. The summed E-state index contributed by atoms with van der Waals surface area (Å²) >= 11 is 0. The summed E-state index contributed by atoms with van der Waals surface area (Å²) in [7, 11) is 0. The van der Waals surface area contributed by atoms with Crippen LogP contribution in [0.15, 0.2) is 0 Å². The van der Waals surface area contributed by atoms with Crippen LogP contribution in [0, 0.1) is 10.8 Å². The minimum atomic E-state index is -0.358. The van der Waals surface area contributed by atoms with Crippen molar-refractivity contribution in [3.8, 4) is 0 Å². The van der Waals surface area contributed by atoms with E-state index in [1.165, 1.54) is 103 Å². The van der Waals surface area contributed by atoms with Gasteiger partial charge in [0.05, 0.1) is 6.54 Å². The number of carbonyl (C=O) groups is 1. The quantitative estimate of drug-likeness (QED) is 0.0417. The minimum Gasteiger partial charge on any atom is -0.370 e. The maximum Gasteiger partial charge on any atom is 0.186 e. The number of Topliss-reactive ketones (excluding diaryl/α,β-unsaturated/α-hetero) is 1. The van der Waals surface area contributed by atoms with Gasteiger partial charge in [-0.2, -0.15) is 0 Å². The highest BCUT2D eigenvalue weighted by atomic mass is 16.1. The molecule has 0 spiro atoms. The molecule has 0 aliphatic rings. The highest BCUT2D eigenvalue weighted by Gasteiger charge is 2.45. The maximum absolute atomic E-state index is 14.8. The number of unbranched alkanes of at least 4 members (excludes halogenated alkanes) is 14. The van der Waals surface area contributed by atoms with Crippen LogP contribution in [-0.4, -0.2) is 39.8 Å². The van der Waals surface area contributed by atoms with E-state index in [4.69, 9.17) is 11.1 Å². The number of hydrogen-bond acceptors (Lipinski definition) is 3. The van der Waals surface area contributed by atoms with Crippen molar-refractivity contribution in [2.24, 2.45) is 11.1 Å². The Kier molecular flexibility index (Phi) is 22.7. The van der Waals surface area contributed by atoms with Crippen LogP contribution in [-0.2, 0) is 4.79 Å². The van der Waals surface area contributed by atoms with Gasteiger partial charge in [0.1, 0.15) is 0 Å². The Balaban J connectivity index is 6.52. The molecule has 0 saturated carbocycles. The Morgan fingerprint density at radius 3 is 1.33 bits per heavy atom. The number of carbonyl (C=O) groups excluding carboxylic acids is 1. The zero-order chi connectivity index (χ0) is 34.4.